The number of carbonyl (C=O) groups excluding carboxylic acids is 1. The van der Waals surface area contributed by atoms with Gasteiger partial charge >= 0.3 is 5.97 Å². The second-order valence-corrected chi connectivity index (χ2v) is 11.0. The standard InChI is InChI=1S/C22H22ClN3O4S/c1-13-20-18(22(27)30-11-14-3-2-4-16(23)9-14)10-19(15-5-6-15)24-21(20)26(25-13)17-7-8-31(28,29)12-17/h2-4,9-10,15,17H,5-8,11-12H2,1H3. The van der Waals surface area contributed by atoms with Gasteiger partial charge in [0.1, 0.15) is 6.61 Å². The summed E-state index contributed by atoms with van der Waals surface area (Å²) in [5.74, 6) is 0.0676. The molecule has 31 heavy (non-hydrogen) atoms. The molecule has 3 aromatic rings. The molecule has 5 rings (SSSR count). The molecular weight excluding hydrogens is 438 g/mol. The Morgan fingerprint density at radius 1 is 1.26 bits per heavy atom. The Morgan fingerprint density at radius 2 is 2.06 bits per heavy atom. The summed E-state index contributed by atoms with van der Waals surface area (Å²) in [6.45, 7) is 1.92. The Bertz CT molecular complexity index is 1300. The number of hydrogen-bond acceptors (Lipinski definition) is 6. The van der Waals surface area contributed by atoms with Gasteiger partial charge in [-0.2, -0.15) is 5.10 Å². The first-order valence-corrected chi connectivity index (χ1v) is 12.5. The van der Waals surface area contributed by atoms with Crippen LogP contribution in [0.3, 0.4) is 0 Å². The SMILES string of the molecule is Cc1nn(C2CCS(=O)(=O)C2)c2nc(C3CC3)cc(C(=O)OCc3cccc(Cl)c3)c12. The second kappa shape index (κ2) is 7.60. The van der Waals surface area contributed by atoms with Gasteiger partial charge in [0.15, 0.2) is 15.5 Å². The zero-order chi connectivity index (χ0) is 21.8. The van der Waals surface area contributed by atoms with E-state index in [9.17, 15) is 13.2 Å². The molecule has 0 amide bonds. The Labute approximate surface area is 185 Å². The van der Waals surface area contributed by atoms with Gasteiger partial charge in [-0.1, -0.05) is 23.7 Å². The molecule has 1 aromatic carbocycles. The molecule has 2 aromatic heterocycles. The van der Waals surface area contributed by atoms with E-state index in [2.05, 4.69) is 5.10 Å². The van der Waals surface area contributed by atoms with Crippen LogP contribution in [0.25, 0.3) is 11.0 Å². The molecule has 2 aliphatic rings. The molecule has 162 valence electrons. The third-order valence-corrected chi connectivity index (χ3v) is 7.87. The number of ether oxygens (including phenoxy) is 1. The van der Waals surface area contributed by atoms with Crippen molar-refractivity contribution in [1.82, 2.24) is 14.8 Å². The Kier molecular flexibility index (Phi) is 5.01. The fraction of sp³-hybridized carbons (Fsp3) is 0.409. The predicted molar refractivity (Wildman–Crippen MR) is 117 cm³/mol. The Morgan fingerprint density at radius 3 is 2.74 bits per heavy atom. The van der Waals surface area contributed by atoms with Crippen LogP contribution < -0.4 is 0 Å². The van der Waals surface area contributed by atoms with Crippen LogP contribution in [-0.2, 0) is 21.2 Å². The van der Waals surface area contributed by atoms with Gasteiger partial charge in [-0.05, 0) is 49.9 Å². The third-order valence-electron chi connectivity index (χ3n) is 5.89. The number of rotatable bonds is 5. The summed E-state index contributed by atoms with van der Waals surface area (Å²) >= 11 is 6.02. The van der Waals surface area contributed by atoms with Crippen molar-refractivity contribution in [2.24, 2.45) is 0 Å². The van der Waals surface area contributed by atoms with E-state index in [0.29, 0.717) is 39.7 Å². The number of pyridine rings is 1. The van der Waals surface area contributed by atoms with Crippen LogP contribution in [0, 0.1) is 6.92 Å². The lowest BCUT2D eigenvalue weighted by molar-refractivity contribution is 0.0474. The predicted octanol–water partition coefficient (Wildman–Crippen LogP) is 3.99. The summed E-state index contributed by atoms with van der Waals surface area (Å²) in [6, 6.07) is 8.73. The van der Waals surface area contributed by atoms with Crippen molar-refractivity contribution in [3.8, 4) is 0 Å². The number of sulfone groups is 1. The highest BCUT2D eigenvalue weighted by atomic mass is 35.5. The topological polar surface area (TPSA) is 91.1 Å². The summed E-state index contributed by atoms with van der Waals surface area (Å²) in [7, 11) is -3.08. The van der Waals surface area contributed by atoms with Crippen LogP contribution >= 0.6 is 11.6 Å². The van der Waals surface area contributed by atoms with Crippen molar-refractivity contribution in [1.29, 1.82) is 0 Å². The number of halogens is 1. The molecule has 1 unspecified atom stereocenters. The zero-order valence-electron chi connectivity index (χ0n) is 17.0. The van der Waals surface area contributed by atoms with Gasteiger partial charge < -0.3 is 4.74 Å². The molecule has 1 aliphatic carbocycles. The highest BCUT2D eigenvalue weighted by Gasteiger charge is 2.34. The molecule has 1 saturated carbocycles. The highest BCUT2D eigenvalue weighted by Crippen LogP contribution is 2.41. The number of fused-ring (bicyclic) bond motifs is 1. The van der Waals surface area contributed by atoms with E-state index in [1.807, 2.05) is 25.1 Å². The fourth-order valence-electron chi connectivity index (χ4n) is 4.16. The number of esters is 1. The van der Waals surface area contributed by atoms with Gasteiger partial charge in [0, 0.05) is 16.6 Å². The quantitative estimate of drug-likeness (QED) is 0.536. The number of carbonyl (C=O) groups is 1. The minimum atomic E-state index is -3.08. The summed E-state index contributed by atoms with van der Waals surface area (Å²) < 4.78 is 31.3. The van der Waals surface area contributed by atoms with Crippen molar-refractivity contribution < 1.29 is 17.9 Å². The van der Waals surface area contributed by atoms with Crippen molar-refractivity contribution in [2.45, 2.75) is 44.8 Å². The summed E-state index contributed by atoms with van der Waals surface area (Å²) in [5.41, 5.74) is 3.28. The molecule has 1 saturated heterocycles. The molecular formula is C22H22ClN3O4S. The van der Waals surface area contributed by atoms with Gasteiger partial charge in [0.2, 0.25) is 0 Å². The first kappa shape index (κ1) is 20.5. The Hall–Kier alpha value is -2.45. The number of nitrogens with zero attached hydrogens (tertiary/aromatic N) is 3. The second-order valence-electron chi connectivity index (χ2n) is 8.36. The molecule has 0 radical (unpaired) electrons. The van der Waals surface area contributed by atoms with E-state index in [4.69, 9.17) is 21.3 Å². The smallest absolute Gasteiger partial charge is 0.339 e. The molecule has 0 N–H and O–H groups in total. The number of aromatic nitrogens is 3. The van der Waals surface area contributed by atoms with Crippen LogP contribution in [0.1, 0.15) is 58.5 Å². The molecule has 0 spiro atoms. The number of benzene rings is 1. The lowest BCUT2D eigenvalue weighted by atomic mass is 10.1. The number of aryl methyl sites for hydroxylation is 1. The minimum Gasteiger partial charge on any atom is -0.457 e. The summed E-state index contributed by atoms with van der Waals surface area (Å²) in [5, 5.41) is 5.81. The maximum Gasteiger partial charge on any atom is 0.339 e. The van der Waals surface area contributed by atoms with Gasteiger partial charge in [-0.3, -0.25) is 0 Å². The molecule has 1 atom stereocenters. The molecule has 9 heteroatoms. The van der Waals surface area contributed by atoms with E-state index in [0.717, 1.165) is 24.1 Å². The maximum absolute atomic E-state index is 13.1. The first-order valence-electron chi connectivity index (χ1n) is 10.3. The molecule has 3 heterocycles. The molecule has 1 aliphatic heterocycles. The maximum atomic E-state index is 13.1. The van der Waals surface area contributed by atoms with Crippen LogP contribution in [-0.4, -0.2) is 40.7 Å². The average Bonchev–Trinajstić information content (AvgIpc) is 3.45. The highest BCUT2D eigenvalue weighted by molar-refractivity contribution is 7.91. The lowest BCUT2D eigenvalue weighted by Gasteiger charge is -2.12. The van der Waals surface area contributed by atoms with Gasteiger partial charge in [0.25, 0.3) is 0 Å². The van der Waals surface area contributed by atoms with Crippen LogP contribution in [0.2, 0.25) is 5.02 Å². The summed E-state index contributed by atoms with van der Waals surface area (Å²) in [6.07, 6.45) is 2.56. The largest absolute Gasteiger partial charge is 0.457 e. The van der Waals surface area contributed by atoms with E-state index in [1.54, 1.807) is 16.8 Å². The van der Waals surface area contributed by atoms with Gasteiger partial charge in [0.05, 0.1) is 34.2 Å². The van der Waals surface area contributed by atoms with E-state index in [1.165, 1.54) is 0 Å². The first-order chi connectivity index (χ1) is 14.8. The number of hydrogen-bond donors (Lipinski definition) is 0. The fourth-order valence-corrected chi connectivity index (χ4v) is 6.06. The van der Waals surface area contributed by atoms with Crippen molar-refractivity contribution in [2.75, 3.05) is 11.5 Å². The summed E-state index contributed by atoms with van der Waals surface area (Å²) in [4.78, 5) is 17.9. The van der Waals surface area contributed by atoms with Crippen LogP contribution in [0.5, 0.6) is 0 Å². The normalized spacial score (nSPS) is 20.3. The minimum absolute atomic E-state index is 0.0487. The van der Waals surface area contributed by atoms with Crippen LogP contribution in [0.15, 0.2) is 30.3 Å². The van der Waals surface area contributed by atoms with Crippen molar-refractivity contribution in [3.63, 3.8) is 0 Å². The van der Waals surface area contributed by atoms with Gasteiger partial charge in [-0.25, -0.2) is 22.9 Å². The van der Waals surface area contributed by atoms with Crippen molar-refractivity contribution >= 4 is 38.4 Å². The zero-order valence-corrected chi connectivity index (χ0v) is 18.6. The Balaban J connectivity index is 1.53. The molecule has 7 nitrogen and oxygen atoms in total. The van der Waals surface area contributed by atoms with Gasteiger partial charge in [-0.15, -0.1) is 0 Å². The van der Waals surface area contributed by atoms with E-state index in [-0.39, 0.29) is 24.2 Å². The average molecular weight is 460 g/mol. The molecule has 0 bridgehead atoms. The van der Waals surface area contributed by atoms with E-state index >= 15 is 0 Å². The van der Waals surface area contributed by atoms with Crippen LogP contribution in [0.4, 0.5) is 0 Å². The van der Waals surface area contributed by atoms with Crippen molar-refractivity contribution in [3.05, 3.63) is 57.9 Å². The monoisotopic (exact) mass is 459 g/mol. The lowest BCUT2D eigenvalue weighted by Crippen LogP contribution is -2.14. The molecule has 2 fully saturated rings. The third kappa shape index (κ3) is 4.06. The van der Waals surface area contributed by atoms with E-state index < -0.39 is 15.8 Å².